The highest BCUT2D eigenvalue weighted by atomic mass is 16.6. The van der Waals surface area contributed by atoms with Crippen LogP contribution in [0.1, 0.15) is 26.3 Å². The van der Waals surface area contributed by atoms with Crippen molar-refractivity contribution in [3.63, 3.8) is 0 Å². The van der Waals surface area contributed by atoms with E-state index in [0.717, 1.165) is 0 Å². The molecule has 30 heavy (non-hydrogen) atoms. The van der Waals surface area contributed by atoms with Crippen molar-refractivity contribution in [1.82, 2.24) is 0 Å². The Hall–Kier alpha value is -2.82. The van der Waals surface area contributed by atoms with Gasteiger partial charge in [0, 0.05) is 11.3 Å². The Morgan fingerprint density at radius 2 is 1.70 bits per heavy atom. The number of aliphatic hydroxyl groups excluding tert-OH is 4. The van der Waals surface area contributed by atoms with E-state index in [1.807, 2.05) is 6.07 Å². The van der Waals surface area contributed by atoms with Crippen molar-refractivity contribution < 1.29 is 39.5 Å². The monoisotopic (exact) mass is 417 g/mol. The van der Waals surface area contributed by atoms with Crippen molar-refractivity contribution in [3.8, 4) is 0 Å². The van der Waals surface area contributed by atoms with E-state index in [9.17, 15) is 30.0 Å². The SMILES string of the molecule is Cc1cc(NC(=O)c2ccccc2)ccc1C(=O)OC[C@H]1OC(O)[C@H](O)[C@@H](O)[C@@H]1O. The summed E-state index contributed by atoms with van der Waals surface area (Å²) in [4.78, 5) is 24.6. The highest BCUT2D eigenvalue weighted by Crippen LogP contribution is 2.21. The number of anilines is 1. The molecule has 5 N–H and O–H groups in total. The molecule has 1 heterocycles. The molecule has 3 rings (SSSR count). The molecule has 2 aromatic rings. The highest BCUT2D eigenvalue weighted by molar-refractivity contribution is 6.04. The average Bonchev–Trinajstić information content (AvgIpc) is 2.74. The smallest absolute Gasteiger partial charge is 0.338 e. The number of ether oxygens (including phenoxy) is 2. The zero-order valence-electron chi connectivity index (χ0n) is 16.1. The Morgan fingerprint density at radius 3 is 2.37 bits per heavy atom. The van der Waals surface area contributed by atoms with Crippen LogP contribution in [0.2, 0.25) is 0 Å². The van der Waals surface area contributed by atoms with Crippen molar-refractivity contribution >= 4 is 17.6 Å². The van der Waals surface area contributed by atoms with Gasteiger partial charge in [0.15, 0.2) is 6.29 Å². The van der Waals surface area contributed by atoms with Gasteiger partial charge < -0.3 is 35.2 Å². The Balaban J connectivity index is 1.61. The Kier molecular flexibility index (Phi) is 6.80. The maximum atomic E-state index is 12.4. The lowest BCUT2D eigenvalue weighted by Crippen LogP contribution is -2.58. The van der Waals surface area contributed by atoms with Gasteiger partial charge in [0.25, 0.3) is 5.91 Å². The quantitative estimate of drug-likeness (QED) is 0.434. The summed E-state index contributed by atoms with van der Waals surface area (Å²) < 4.78 is 10.1. The molecule has 1 amide bonds. The molecule has 1 fully saturated rings. The molecular weight excluding hydrogens is 394 g/mol. The van der Waals surface area contributed by atoms with Gasteiger partial charge in [-0.05, 0) is 42.8 Å². The van der Waals surface area contributed by atoms with Gasteiger partial charge in [0.1, 0.15) is 31.0 Å². The summed E-state index contributed by atoms with van der Waals surface area (Å²) in [6.07, 6.45) is -7.74. The largest absolute Gasteiger partial charge is 0.459 e. The number of carbonyl (C=O) groups is 2. The van der Waals surface area contributed by atoms with Gasteiger partial charge in [0.2, 0.25) is 0 Å². The molecule has 0 radical (unpaired) electrons. The van der Waals surface area contributed by atoms with Crippen LogP contribution in [-0.2, 0) is 9.47 Å². The van der Waals surface area contributed by atoms with E-state index in [0.29, 0.717) is 16.8 Å². The Morgan fingerprint density at radius 1 is 1.00 bits per heavy atom. The number of esters is 1. The van der Waals surface area contributed by atoms with Crippen LogP contribution in [0.4, 0.5) is 5.69 Å². The maximum Gasteiger partial charge on any atom is 0.338 e. The molecule has 9 heteroatoms. The molecule has 9 nitrogen and oxygen atoms in total. The van der Waals surface area contributed by atoms with Crippen LogP contribution in [0.3, 0.4) is 0 Å². The molecule has 0 bridgehead atoms. The van der Waals surface area contributed by atoms with Gasteiger partial charge in [-0.1, -0.05) is 18.2 Å². The zero-order valence-corrected chi connectivity index (χ0v) is 16.1. The predicted molar refractivity (Wildman–Crippen MR) is 105 cm³/mol. The predicted octanol–water partition coefficient (Wildman–Crippen LogP) is 0.204. The molecule has 1 aliphatic rings. The Labute approximate surface area is 172 Å². The first-order chi connectivity index (χ1) is 14.3. The minimum absolute atomic E-state index is 0.235. The number of benzene rings is 2. The van der Waals surface area contributed by atoms with Gasteiger partial charge >= 0.3 is 5.97 Å². The second-order valence-corrected chi connectivity index (χ2v) is 6.99. The van der Waals surface area contributed by atoms with E-state index in [4.69, 9.17) is 9.47 Å². The summed E-state index contributed by atoms with van der Waals surface area (Å²) >= 11 is 0. The second-order valence-electron chi connectivity index (χ2n) is 6.99. The minimum atomic E-state index is -1.71. The van der Waals surface area contributed by atoms with E-state index < -0.39 is 43.3 Å². The molecular formula is C21H23NO8. The fourth-order valence-corrected chi connectivity index (χ4v) is 3.07. The second kappa shape index (κ2) is 9.33. The summed E-state index contributed by atoms with van der Waals surface area (Å²) in [7, 11) is 0. The molecule has 0 aromatic heterocycles. The third kappa shape index (κ3) is 4.84. The van der Waals surface area contributed by atoms with Crippen molar-refractivity contribution in [1.29, 1.82) is 0 Å². The summed E-state index contributed by atoms with van der Waals surface area (Å²) in [5.41, 5.74) is 1.79. The van der Waals surface area contributed by atoms with Gasteiger partial charge in [-0.2, -0.15) is 0 Å². The van der Waals surface area contributed by atoms with Crippen LogP contribution >= 0.6 is 0 Å². The topological polar surface area (TPSA) is 146 Å². The van der Waals surface area contributed by atoms with Crippen LogP contribution in [0.25, 0.3) is 0 Å². The van der Waals surface area contributed by atoms with Crippen molar-refractivity contribution in [2.24, 2.45) is 0 Å². The molecule has 1 aliphatic heterocycles. The maximum absolute atomic E-state index is 12.4. The first-order valence-corrected chi connectivity index (χ1v) is 9.30. The standard InChI is InChI=1S/C21H23NO8/c1-11-9-13(22-19(26)12-5-3-2-4-6-12)7-8-14(11)20(27)29-10-15-16(23)17(24)18(25)21(28)30-15/h2-9,15-18,21,23-25,28H,10H2,1H3,(H,22,26)/t15-,16-,17+,18-,21?/m1/s1. The molecule has 0 spiro atoms. The molecule has 1 unspecified atom stereocenters. The number of hydrogen-bond donors (Lipinski definition) is 5. The van der Waals surface area contributed by atoms with Crippen LogP contribution in [0.5, 0.6) is 0 Å². The van der Waals surface area contributed by atoms with Gasteiger partial charge in [-0.25, -0.2) is 4.79 Å². The van der Waals surface area contributed by atoms with E-state index in [2.05, 4.69) is 5.32 Å². The van der Waals surface area contributed by atoms with Crippen LogP contribution in [0.15, 0.2) is 48.5 Å². The molecule has 160 valence electrons. The minimum Gasteiger partial charge on any atom is -0.459 e. The van der Waals surface area contributed by atoms with E-state index in [-0.39, 0.29) is 11.5 Å². The molecule has 5 atom stereocenters. The van der Waals surface area contributed by atoms with E-state index in [1.54, 1.807) is 43.3 Å². The van der Waals surface area contributed by atoms with Crippen LogP contribution in [0, 0.1) is 6.92 Å². The average molecular weight is 417 g/mol. The molecule has 2 aromatic carbocycles. The number of aryl methyl sites for hydroxylation is 1. The van der Waals surface area contributed by atoms with E-state index >= 15 is 0 Å². The summed E-state index contributed by atoms with van der Waals surface area (Å²) in [6, 6.07) is 13.3. The molecule has 1 saturated heterocycles. The summed E-state index contributed by atoms with van der Waals surface area (Å²) in [5.74, 6) is -0.993. The normalized spacial score (nSPS) is 26.1. The summed E-state index contributed by atoms with van der Waals surface area (Å²) in [5, 5.41) is 41.3. The van der Waals surface area contributed by atoms with E-state index in [1.165, 1.54) is 6.07 Å². The number of hydrogen-bond acceptors (Lipinski definition) is 8. The fraction of sp³-hybridized carbons (Fsp3) is 0.333. The van der Waals surface area contributed by atoms with Crippen molar-refractivity contribution in [2.45, 2.75) is 37.6 Å². The first-order valence-electron chi connectivity index (χ1n) is 9.30. The van der Waals surface area contributed by atoms with Gasteiger partial charge in [-0.15, -0.1) is 0 Å². The lowest BCUT2D eigenvalue weighted by molar-refractivity contribution is -0.286. The number of amides is 1. The molecule has 0 saturated carbocycles. The summed E-state index contributed by atoms with van der Waals surface area (Å²) in [6.45, 7) is 1.23. The number of carbonyl (C=O) groups excluding carboxylic acids is 2. The molecule has 0 aliphatic carbocycles. The van der Waals surface area contributed by atoms with Crippen molar-refractivity contribution in [3.05, 3.63) is 65.2 Å². The lowest BCUT2D eigenvalue weighted by Gasteiger charge is -2.37. The third-order valence-electron chi connectivity index (χ3n) is 4.81. The highest BCUT2D eigenvalue weighted by Gasteiger charge is 2.43. The number of nitrogens with one attached hydrogen (secondary N) is 1. The van der Waals surface area contributed by atoms with Crippen LogP contribution < -0.4 is 5.32 Å². The number of rotatable bonds is 5. The van der Waals surface area contributed by atoms with Gasteiger partial charge in [-0.3, -0.25) is 4.79 Å². The fourth-order valence-electron chi connectivity index (χ4n) is 3.07. The first kappa shape index (κ1) is 21.9. The number of aliphatic hydroxyl groups is 4. The van der Waals surface area contributed by atoms with Gasteiger partial charge in [0.05, 0.1) is 5.56 Å². The zero-order chi connectivity index (χ0) is 21.8. The Bertz CT molecular complexity index is 903. The lowest BCUT2D eigenvalue weighted by atomic mass is 9.99. The van der Waals surface area contributed by atoms with Crippen molar-refractivity contribution in [2.75, 3.05) is 11.9 Å². The third-order valence-corrected chi connectivity index (χ3v) is 4.81. The van der Waals surface area contributed by atoms with Crippen LogP contribution in [-0.4, -0.2) is 69.6 Å².